The minimum atomic E-state index is -0.293. The number of rotatable bonds is 5. The Morgan fingerprint density at radius 3 is 2.71 bits per heavy atom. The van der Waals surface area contributed by atoms with E-state index in [-0.39, 0.29) is 18.1 Å². The van der Waals surface area contributed by atoms with Crippen molar-refractivity contribution in [2.24, 2.45) is 0 Å². The smallest absolute Gasteiger partial charge is 0.232 e. The van der Waals surface area contributed by atoms with E-state index in [2.05, 4.69) is 20.3 Å². The molecule has 0 saturated carbocycles. The maximum atomic E-state index is 13.1. The number of hydrogen-bond acceptors (Lipinski definition) is 6. The van der Waals surface area contributed by atoms with Gasteiger partial charge in [-0.25, -0.2) is 14.4 Å². The van der Waals surface area contributed by atoms with Gasteiger partial charge in [0.15, 0.2) is 5.13 Å². The molecule has 1 N–H and O–H groups in total. The van der Waals surface area contributed by atoms with Crippen LogP contribution in [-0.4, -0.2) is 20.9 Å². The molecule has 0 radical (unpaired) electrons. The summed E-state index contributed by atoms with van der Waals surface area (Å²) < 4.78 is 13.1. The van der Waals surface area contributed by atoms with E-state index in [0.29, 0.717) is 10.8 Å². The molecule has 0 aliphatic carbocycles. The highest BCUT2D eigenvalue weighted by Crippen LogP contribution is 2.30. The van der Waals surface area contributed by atoms with Crippen LogP contribution in [0, 0.1) is 12.7 Å². The van der Waals surface area contributed by atoms with Crippen LogP contribution in [0.5, 0.6) is 0 Å². The minimum absolute atomic E-state index is 0.161. The van der Waals surface area contributed by atoms with Gasteiger partial charge in [0.2, 0.25) is 5.91 Å². The average Bonchev–Trinajstić information content (AvgIpc) is 3.30. The van der Waals surface area contributed by atoms with Gasteiger partial charge in [-0.2, -0.15) is 0 Å². The largest absolute Gasteiger partial charge is 0.302 e. The summed E-state index contributed by atoms with van der Waals surface area (Å²) in [7, 11) is 0. The normalized spacial score (nSPS) is 10.8. The molecule has 3 heterocycles. The van der Waals surface area contributed by atoms with Gasteiger partial charge in [0.05, 0.1) is 23.5 Å². The van der Waals surface area contributed by atoms with Gasteiger partial charge in [-0.15, -0.1) is 22.7 Å². The molecule has 0 spiro atoms. The second-order valence-electron chi connectivity index (χ2n) is 6.01. The second kappa shape index (κ2) is 7.95. The van der Waals surface area contributed by atoms with Gasteiger partial charge in [-0.3, -0.25) is 9.78 Å². The number of nitrogens with zero attached hydrogens (tertiary/aromatic N) is 3. The van der Waals surface area contributed by atoms with Gasteiger partial charge in [-0.1, -0.05) is 6.07 Å². The van der Waals surface area contributed by atoms with Crippen molar-refractivity contribution in [2.75, 3.05) is 5.32 Å². The van der Waals surface area contributed by atoms with Crippen LogP contribution in [0.2, 0.25) is 0 Å². The highest BCUT2D eigenvalue weighted by molar-refractivity contribution is 7.16. The molecule has 0 unspecified atom stereocenters. The summed E-state index contributed by atoms with van der Waals surface area (Å²) in [6.45, 7) is 1.92. The summed E-state index contributed by atoms with van der Waals surface area (Å²) in [6, 6.07) is 11.8. The summed E-state index contributed by atoms with van der Waals surface area (Å²) in [5.41, 5.74) is 3.04. The quantitative estimate of drug-likeness (QED) is 0.505. The van der Waals surface area contributed by atoms with Gasteiger partial charge in [0.25, 0.3) is 0 Å². The number of amides is 1. The number of aromatic nitrogens is 3. The Kier molecular flexibility index (Phi) is 5.23. The van der Waals surface area contributed by atoms with E-state index in [4.69, 9.17) is 0 Å². The van der Waals surface area contributed by atoms with Crippen LogP contribution < -0.4 is 5.32 Å². The van der Waals surface area contributed by atoms with Gasteiger partial charge in [0, 0.05) is 22.0 Å². The Morgan fingerprint density at radius 2 is 1.96 bits per heavy atom. The van der Waals surface area contributed by atoms with Crippen LogP contribution >= 0.6 is 22.7 Å². The molecule has 0 atom stereocenters. The first-order valence-corrected chi connectivity index (χ1v) is 10.2. The zero-order valence-corrected chi connectivity index (χ0v) is 16.5. The zero-order valence-electron chi connectivity index (χ0n) is 14.8. The predicted octanol–water partition coefficient (Wildman–Crippen LogP) is 4.96. The number of halogens is 1. The van der Waals surface area contributed by atoms with Crippen LogP contribution in [0.4, 0.5) is 9.52 Å². The second-order valence-corrected chi connectivity index (χ2v) is 8.08. The van der Waals surface area contributed by atoms with Crippen LogP contribution in [0.1, 0.15) is 10.6 Å². The van der Waals surface area contributed by atoms with Gasteiger partial charge < -0.3 is 5.32 Å². The Hall–Kier alpha value is -2.97. The lowest BCUT2D eigenvalue weighted by atomic mass is 10.1. The number of carbonyl (C=O) groups is 1. The third kappa shape index (κ3) is 4.13. The van der Waals surface area contributed by atoms with Crippen LogP contribution in [0.3, 0.4) is 0 Å². The van der Waals surface area contributed by atoms with E-state index < -0.39 is 0 Å². The summed E-state index contributed by atoms with van der Waals surface area (Å²) in [5.74, 6) is -0.476. The van der Waals surface area contributed by atoms with Gasteiger partial charge in [-0.05, 0) is 43.3 Å². The first-order valence-electron chi connectivity index (χ1n) is 8.47. The molecule has 1 amide bonds. The number of nitrogens with one attached hydrogen (secondary N) is 1. The molecule has 28 heavy (non-hydrogen) atoms. The molecule has 140 valence electrons. The molecule has 4 rings (SSSR count). The fourth-order valence-corrected chi connectivity index (χ4v) is 4.30. The zero-order chi connectivity index (χ0) is 19.5. The molecule has 4 aromatic rings. The summed E-state index contributed by atoms with van der Waals surface area (Å²) in [6.07, 6.45) is 1.88. The molecule has 0 fully saturated rings. The van der Waals surface area contributed by atoms with Crippen molar-refractivity contribution in [3.05, 3.63) is 70.4 Å². The summed E-state index contributed by atoms with van der Waals surface area (Å²) in [4.78, 5) is 26.6. The maximum Gasteiger partial charge on any atom is 0.232 e. The summed E-state index contributed by atoms with van der Waals surface area (Å²) >= 11 is 2.85. The Labute approximate surface area is 169 Å². The third-order valence-corrected chi connectivity index (χ3v) is 5.74. The Bertz CT molecular complexity index is 1110. The van der Waals surface area contributed by atoms with E-state index in [1.54, 1.807) is 18.3 Å². The molecule has 0 bridgehead atoms. The van der Waals surface area contributed by atoms with Crippen molar-refractivity contribution in [1.29, 1.82) is 0 Å². The SMILES string of the molecule is Cc1sc(NC(=O)Cc2csc(-c3ccccn3)n2)nc1-c1ccc(F)cc1. The number of hydrogen-bond donors (Lipinski definition) is 1. The van der Waals surface area contributed by atoms with E-state index in [1.165, 1.54) is 34.8 Å². The van der Waals surface area contributed by atoms with Crippen LogP contribution in [-0.2, 0) is 11.2 Å². The number of benzene rings is 1. The average molecular weight is 410 g/mol. The topological polar surface area (TPSA) is 67.8 Å². The molecule has 0 aliphatic rings. The first-order chi connectivity index (χ1) is 13.6. The number of aryl methyl sites for hydroxylation is 1. The fraction of sp³-hybridized carbons (Fsp3) is 0.100. The van der Waals surface area contributed by atoms with Crippen molar-refractivity contribution >= 4 is 33.7 Å². The molecular weight excluding hydrogens is 395 g/mol. The lowest BCUT2D eigenvalue weighted by molar-refractivity contribution is -0.115. The first kappa shape index (κ1) is 18.4. The minimum Gasteiger partial charge on any atom is -0.302 e. The highest BCUT2D eigenvalue weighted by Gasteiger charge is 2.14. The van der Waals surface area contributed by atoms with Crippen molar-refractivity contribution in [3.63, 3.8) is 0 Å². The molecular formula is C20H15FN4OS2. The standard InChI is InChI=1S/C20H15FN4OS2/c1-12-18(13-5-7-14(21)8-6-13)25-20(28-12)24-17(26)10-15-11-27-19(23-15)16-4-2-3-9-22-16/h2-9,11H,10H2,1H3,(H,24,25,26). The molecule has 0 saturated heterocycles. The van der Waals surface area contributed by atoms with E-state index in [0.717, 1.165) is 26.8 Å². The van der Waals surface area contributed by atoms with Gasteiger partial charge >= 0.3 is 0 Å². The van der Waals surface area contributed by atoms with Gasteiger partial charge in [0.1, 0.15) is 10.8 Å². The Balaban J connectivity index is 1.44. The molecule has 3 aromatic heterocycles. The van der Waals surface area contributed by atoms with Crippen molar-refractivity contribution in [2.45, 2.75) is 13.3 Å². The predicted molar refractivity (Wildman–Crippen MR) is 110 cm³/mol. The third-order valence-electron chi connectivity index (χ3n) is 3.94. The van der Waals surface area contributed by atoms with E-state index >= 15 is 0 Å². The van der Waals surface area contributed by atoms with Crippen LogP contribution in [0.25, 0.3) is 22.0 Å². The van der Waals surface area contributed by atoms with E-state index in [9.17, 15) is 9.18 Å². The van der Waals surface area contributed by atoms with E-state index in [1.807, 2.05) is 30.5 Å². The molecule has 8 heteroatoms. The number of pyridine rings is 1. The lowest BCUT2D eigenvalue weighted by Gasteiger charge is -2.00. The number of thiazole rings is 2. The Morgan fingerprint density at radius 1 is 1.14 bits per heavy atom. The number of carbonyl (C=O) groups excluding carboxylic acids is 1. The molecule has 0 aliphatic heterocycles. The lowest BCUT2D eigenvalue weighted by Crippen LogP contribution is -2.14. The fourth-order valence-electron chi connectivity index (χ4n) is 2.65. The monoisotopic (exact) mass is 410 g/mol. The van der Waals surface area contributed by atoms with Crippen molar-refractivity contribution in [3.8, 4) is 22.0 Å². The molecule has 5 nitrogen and oxygen atoms in total. The number of anilines is 1. The summed E-state index contributed by atoms with van der Waals surface area (Å²) in [5, 5.41) is 5.99. The maximum absolute atomic E-state index is 13.1. The highest BCUT2D eigenvalue weighted by atomic mass is 32.1. The molecule has 1 aromatic carbocycles. The van der Waals surface area contributed by atoms with Crippen molar-refractivity contribution in [1.82, 2.24) is 15.0 Å². The van der Waals surface area contributed by atoms with Crippen molar-refractivity contribution < 1.29 is 9.18 Å². The van der Waals surface area contributed by atoms with Crippen LogP contribution in [0.15, 0.2) is 54.0 Å².